The summed E-state index contributed by atoms with van der Waals surface area (Å²) in [7, 11) is 0. The molecule has 1 atom stereocenters. The molecule has 3 nitrogen and oxygen atoms in total. The van der Waals surface area contributed by atoms with Gasteiger partial charge in [-0.1, -0.05) is 12.1 Å². The first kappa shape index (κ1) is 14.1. The molecule has 1 aromatic carbocycles. The van der Waals surface area contributed by atoms with E-state index in [1.807, 2.05) is 38.1 Å². The topological polar surface area (TPSA) is 30.5 Å². The van der Waals surface area contributed by atoms with Crippen molar-refractivity contribution in [1.29, 1.82) is 0 Å². The number of ether oxygens (including phenoxy) is 2. The largest absolute Gasteiger partial charge is 0.490 e. The molecule has 1 N–H and O–H groups in total. The molecule has 0 saturated carbocycles. The van der Waals surface area contributed by atoms with E-state index in [9.17, 15) is 0 Å². The van der Waals surface area contributed by atoms with E-state index in [-0.39, 0.29) is 0 Å². The normalized spacial score (nSPS) is 12.2. The van der Waals surface area contributed by atoms with Crippen molar-refractivity contribution < 1.29 is 9.47 Å². The molecule has 0 bridgehead atoms. The molecule has 1 unspecified atom stereocenters. The number of rotatable bonds is 8. The summed E-state index contributed by atoms with van der Waals surface area (Å²) in [6, 6.07) is 8.00. The predicted molar refractivity (Wildman–Crippen MR) is 71.3 cm³/mol. The fraction of sp³-hybridized carbons (Fsp3) is 0.538. The van der Waals surface area contributed by atoms with Gasteiger partial charge in [-0.2, -0.15) is 0 Å². The van der Waals surface area contributed by atoms with Crippen molar-refractivity contribution in [2.24, 2.45) is 0 Å². The van der Waals surface area contributed by atoms with E-state index in [2.05, 4.69) is 5.32 Å². The monoisotopic (exact) mass is 257 g/mol. The maximum absolute atomic E-state index is 5.69. The molecule has 0 aromatic heterocycles. The Labute approximate surface area is 108 Å². The predicted octanol–water partition coefficient (Wildman–Crippen LogP) is 2.68. The minimum absolute atomic E-state index is 0.308. The smallest absolute Gasteiger partial charge is 0.161 e. The quantitative estimate of drug-likeness (QED) is 0.574. The Morgan fingerprint density at radius 3 is 2.47 bits per heavy atom. The average molecular weight is 258 g/mol. The zero-order chi connectivity index (χ0) is 12.5. The molecular formula is C13H20ClNO2. The summed E-state index contributed by atoms with van der Waals surface area (Å²) in [5.74, 6) is 2.19. The van der Waals surface area contributed by atoms with Crippen LogP contribution in [0.3, 0.4) is 0 Å². The summed E-state index contributed by atoms with van der Waals surface area (Å²) in [6.07, 6.45) is 0. The van der Waals surface area contributed by atoms with Crippen molar-refractivity contribution >= 4 is 11.6 Å². The highest BCUT2D eigenvalue weighted by Crippen LogP contribution is 2.25. The second-order valence-electron chi connectivity index (χ2n) is 3.74. The SMILES string of the molecule is CCOc1ccccc1OCCNC(C)CCl. The van der Waals surface area contributed by atoms with Crippen LogP contribution in [0.25, 0.3) is 0 Å². The van der Waals surface area contributed by atoms with Gasteiger partial charge in [-0.15, -0.1) is 11.6 Å². The van der Waals surface area contributed by atoms with Crippen LogP contribution >= 0.6 is 11.6 Å². The highest BCUT2D eigenvalue weighted by atomic mass is 35.5. The lowest BCUT2D eigenvalue weighted by Crippen LogP contribution is -2.31. The van der Waals surface area contributed by atoms with Crippen molar-refractivity contribution in [1.82, 2.24) is 5.32 Å². The molecule has 17 heavy (non-hydrogen) atoms. The van der Waals surface area contributed by atoms with Crippen LogP contribution in [0, 0.1) is 0 Å². The summed E-state index contributed by atoms with van der Waals surface area (Å²) >= 11 is 5.69. The maximum atomic E-state index is 5.69. The Balaban J connectivity index is 2.35. The van der Waals surface area contributed by atoms with Gasteiger partial charge >= 0.3 is 0 Å². The first-order valence-electron chi connectivity index (χ1n) is 5.92. The van der Waals surface area contributed by atoms with Crippen LogP contribution in [-0.4, -0.2) is 31.7 Å². The van der Waals surface area contributed by atoms with Crippen molar-refractivity contribution in [3.63, 3.8) is 0 Å². The first-order chi connectivity index (χ1) is 8.27. The molecule has 1 aromatic rings. The van der Waals surface area contributed by atoms with Gasteiger partial charge in [-0.3, -0.25) is 0 Å². The molecule has 0 radical (unpaired) electrons. The second kappa shape index (κ2) is 8.20. The number of halogens is 1. The average Bonchev–Trinajstić information content (AvgIpc) is 2.36. The Hall–Kier alpha value is -0.930. The zero-order valence-electron chi connectivity index (χ0n) is 10.4. The number of hydrogen-bond donors (Lipinski definition) is 1. The third kappa shape index (κ3) is 5.29. The molecule has 0 heterocycles. The maximum Gasteiger partial charge on any atom is 0.161 e. The summed E-state index contributed by atoms with van der Waals surface area (Å²) < 4.78 is 11.1. The van der Waals surface area contributed by atoms with E-state index in [4.69, 9.17) is 21.1 Å². The summed E-state index contributed by atoms with van der Waals surface area (Å²) in [6.45, 7) is 6.02. The Bertz CT molecular complexity index is 320. The van der Waals surface area contributed by atoms with Gasteiger partial charge in [-0.25, -0.2) is 0 Å². The van der Waals surface area contributed by atoms with Gasteiger partial charge in [0.25, 0.3) is 0 Å². The number of alkyl halides is 1. The molecule has 0 aliphatic heterocycles. The molecule has 0 aliphatic carbocycles. The van der Waals surface area contributed by atoms with Crippen molar-refractivity contribution in [3.8, 4) is 11.5 Å². The molecule has 0 spiro atoms. The number of benzene rings is 1. The minimum Gasteiger partial charge on any atom is -0.490 e. The molecule has 1 rings (SSSR count). The molecule has 0 fully saturated rings. The second-order valence-corrected chi connectivity index (χ2v) is 4.05. The van der Waals surface area contributed by atoms with Crippen molar-refractivity contribution in [3.05, 3.63) is 24.3 Å². The van der Waals surface area contributed by atoms with Crippen LogP contribution in [0.2, 0.25) is 0 Å². The van der Waals surface area contributed by atoms with Gasteiger partial charge in [0, 0.05) is 18.5 Å². The molecule has 96 valence electrons. The van der Waals surface area contributed by atoms with E-state index in [0.29, 0.717) is 25.1 Å². The zero-order valence-corrected chi connectivity index (χ0v) is 11.2. The standard InChI is InChI=1S/C13H20ClNO2/c1-3-16-12-6-4-5-7-13(12)17-9-8-15-11(2)10-14/h4-7,11,15H,3,8-10H2,1-2H3. The Morgan fingerprint density at radius 2 is 1.88 bits per heavy atom. The van der Waals surface area contributed by atoms with Crippen LogP contribution in [0.1, 0.15) is 13.8 Å². The van der Waals surface area contributed by atoms with Gasteiger partial charge in [0.2, 0.25) is 0 Å². The molecular weight excluding hydrogens is 238 g/mol. The van der Waals surface area contributed by atoms with Gasteiger partial charge in [0.05, 0.1) is 6.61 Å². The van der Waals surface area contributed by atoms with Gasteiger partial charge in [0.1, 0.15) is 6.61 Å². The van der Waals surface area contributed by atoms with Crippen LogP contribution in [0.4, 0.5) is 0 Å². The number of hydrogen-bond acceptors (Lipinski definition) is 3. The minimum atomic E-state index is 0.308. The summed E-state index contributed by atoms with van der Waals surface area (Å²) in [5.41, 5.74) is 0. The first-order valence-corrected chi connectivity index (χ1v) is 6.45. The van der Waals surface area contributed by atoms with Gasteiger partial charge < -0.3 is 14.8 Å². The van der Waals surface area contributed by atoms with E-state index in [0.717, 1.165) is 18.0 Å². The molecule has 0 aliphatic rings. The van der Waals surface area contributed by atoms with Crippen LogP contribution in [0.15, 0.2) is 24.3 Å². The lowest BCUT2D eigenvalue weighted by Gasteiger charge is -2.13. The molecule has 0 amide bonds. The third-order valence-corrected chi connectivity index (χ3v) is 2.70. The van der Waals surface area contributed by atoms with Crippen LogP contribution in [-0.2, 0) is 0 Å². The summed E-state index contributed by atoms with van der Waals surface area (Å²) in [5, 5.41) is 3.26. The lowest BCUT2D eigenvalue weighted by molar-refractivity contribution is 0.273. The third-order valence-electron chi connectivity index (χ3n) is 2.23. The Kier molecular flexibility index (Phi) is 6.82. The summed E-state index contributed by atoms with van der Waals surface area (Å²) in [4.78, 5) is 0. The van der Waals surface area contributed by atoms with Gasteiger partial charge in [-0.05, 0) is 26.0 Å². The van der Waals surface area contributed by atoms with E-state index in [1.165, 1.54) is 0 Å². The van der Waals surface area contributed by atoms with Crippen molar-refractivity contribution in [2.45, 2.75) is 19.9 Å². The molecule has 4 heteroatoms. The van der Waals surface area contributed by atoms with E-state index in [1.54, 1.807) is 0 Å². The van der Waals surface area contributed by atoms with Crippen molar-refractivity contribution in [2.75, 3.05) is 25.6 Å². The highest BCUT2D eigenvalue weighted by Gasteiger charge is 2.03. The number of nitrogens with one attached hydrogen (secondary N) is 1. The van der Waals surface area contributed by atoms with E-state index < -0.39 is 0 Å². The Morgan fingerprint density at radius 1 is 1.24 bits per heavy atom. The fourth-order valence-corrected chi connectivity index (χ4v) is 1.47. The van der Waals surface area contributed by atoms with Gasteiger partial charge in [0.15, 0.2) is 11.5 Å². The highest BCUT2D eigenvalue weighted by molar-refractivity contribution is 6.18. The lowest BCUT2D eigenvalue weighted by atomic mass is 10.3. The van der Waals surface area contributed by atoms with E-state index >= 15 is 0 Å². The fourth-order valence-electron chi connectivity index (χ4n) is 1.37. The van der Waals surface area contributed by atoms with Crippen LogP contribution in [0.5, 0.6) is 11.5 Å². The molecule has 0 saturated heterocycles. The van der Waals surface area contributed by atoms with Crippen LogP contribution < -0.4 is 14.8 Å². The number of para-hydroxylation sites is 2.